The van der Waals surface area contributed by atoms with Crippen molar-refractivity contribution < 1.29 is 14.7 Å². The molecule has 1 N–H and O–H groups in total. The Kier molecular flexibility index (Phi) is 4.43. The predicted molar refractivity (Wildman–Crippen MR) is 84.6 cm³/mol. The normalized spacial score (nSPS) is 10.4. The molecule has 0 saturated carbocycles. The number of aromatic carboxylic acids is 1. The van der Waals surface area contributed by atoms with Crippen molar-refractivity contribution in [2.45, 2.75) is 20.3 Å². The minimum Gasteiger partial charge on any atom is -0.478 e. The molecule has 2 rings (SSSR count). The molecule has 0 unspecified atom stereocenters. The number of thiophene rings is 1. The van der Waals surface area contributed by atoms with E-state index in [0.29, 0.717) is 10.6 Å². The lowest BCUT2D eigenvalue weighted by Crippen LogP contribution is -2.27. The smallest absolute Gasteiger partial charge is 0.337 e. The first-order chi connectivity index (χ1) is 9.95. The molecule has 2 aromatic rings. The van der Waals surface area contributed by atoms with Crippen molar-refractivity contribution in [3.8, 4) is 0 Å². The number of anilines is 1. The molecule has 0 radical (unpaired) electrons. The van der Waals surface area contributed by atoms with Gasteiger partial charge in [-0.3, -0.25) is 4.79 Å². The lowest BCUT2D eigenvalue weighted by atomic mass is 10.1. The molecule has 110 valence electrons. The number of carboxylic acid groups (broad SMARTS) is 1. The maximum atomic E-state index is 12.5. The van der Waals surface area contributed by atoms with E-state index in [-0.39, 0.29) is 11.5 Å². The maximum Gasteiger partial charge on any atom is 0.337 e. The zero-order valence-corrected chi connectivity index (χ0v) is 13.0. The lowest BCUT2D eigenvalue weighted by molar-refractivity contribution is 0.0697. The van der Waals surface area contributed by atoms with E-state index in [4.69, 9.17) is 0 Å². The SMILES string of the molecule is CCc1sc(C(=O)N(C)c2ccccc2C(=O)O)cc1C. The number of benzene rings is 1. The molecule has 0 spiro atoms. The van der Waals surface area contributed by atoms with Gasteiger partial charge in [0.1, 0.15) is 0 Å². The highest BCUT2D eigenvalue weighted by atomic mass is 32.1. The van der Waals surface area contributed by atoms with Gasteiger partial charge in [-0.05, 0) is 37.1 Å². The quantitative estimate of drug-likeness (QED) is 0.939. The Bertz CT molecular complexity index is 691. The standard InChI is InChI=1S/C16H17NO3S/c1-4-13-10(2)9-14(21-13)15(18)17(3)12-8-6-5-7-11(12)16(19)20/h5-9H,4H2,1-3H3,(H,19,20). The zero-order chi connectivity index (χ0) is 15.6. The fourth-order valence-electron chi connectivity index (χ4n) is 2.20. The fourth-order valence-corrected chi connectivity index (χ4v) is 3.29. The molecular formula is C16H17NO3S. The van der Waals surface area contributed by atoms with Crippen LogP contribution < -0.4 is 4.90 Å². The van der Waals surface area contributed by atoms with Crippen LogP contribution in [0.4, 0.5) is 5.69 Å². The van der Waals surface area contributed by atoms with Crippen molar-refractivity contribution in [3.63, 3.8) is 0 Å². The molecule has 0 atom stereocenters. The summed E-state index contributed by atoms with van der Waals surface area (Å²) in [5.41, 5.74) is 1.63. The molecule has 0 fully saturated rings. The van der Waals surface area contributed by atoms with E-state index in [1.807, 2.05) is 13.0 Å². The second-order valence-electron chi connectivity index (χ2n) is 4.76. The average molecular weight is 303 g/mol. The van der Waals surface area contributed by atoms with Crippen LogP contribution in [-0.4, -0.2) is 24.0 Å². The Hall–Kier alpha value is -2.14. The fraction of sp³-hybridized carbons (Fsp3) is 0.250. The molecule has 5 heteroatoms. The Morgan fingerprint density at radius 2 is 1.95 bits per heavy atom. The van der Waals surface area contributed by atoms with Crippen molar-refractivity contribution in [3.05, 3.63) is 51.2 Å². The Balaban J connectivity index is 2.37. The summed E-state index contributed by atoms with van der Waals surface area (Å²) in [6, 6.07) is 8.38. The van der Waals surface area contributed by atoms with Gasteiger partial charge in [0.05, 0.1) is 16.1 Å². The summed E-state index contributed by atoms with van der Waals surface area (Å²) < 4.78 is 0. The maximum absolute atomic E-state index is 12.5. The molecule has 21 heavy (non-hydrogen) atoms. The topological polar surface area (TPSA) is 57.6 Å². The molecule has 1 amide bonds. The van der Waals surface area contributed by atoms with Gasteiger partial charge in [-0.15, -0.1) is 11.3 Å². The third-order valence-electron chi connectivity index (χ3n) is 3.35. The van der Waals surface area contributed by atoms with Crippen molar-refractivity contribution in [1.29, 1.82) is 0 Å². The molecule has 0 saturated heterocycles. The highest BCUT2D eigenvalue weighted by molar-refractivity contribution is 7.14. The number of amides is 1. The number of aryl methyl sites for hydroxylation is 2. The van der Waals surface area contributed by atoms with Crippen molar-refractivity contribution in [1.82, 2.24) is 0 Å². The van der Waals surface area contributed by atoms with Gasteiger partial charge in [0, 0.05) is 11.9 Å². The van der Waals surface area contributed by atoms with Gasteiger partial charge in [-0.2, -0.15) is 0 Å². The van der Waals surface area contributed by atoms with E-state index in [9.17, 15) is 14.7 Å². The van der Waals surface area contributed by atoms with Gasteiger partial charge in [-0.1, -0.05) is 19.1 Å². The zero-order valence-electron chi connectivity index (χ0n) is 12.2. The molecule has 1 aromatic carbocycles. The summed E-state index contributed by atoms with van der Waals surface area (Å²) in [5, 5.41) is 9.22. The van der Waals surface area contributed by atoms with Crippen LogP contribution in [-0.2, 0) is 6.42 Å². The van der Waals surface area contributed by atoms with E-state index in [1.54, 1.807) is 25.2 Å². The largest absolute Gasteiger partial charge is 0.478 e. The van der Waals surface area contributed by atoms with E-state index >= 15 is 0 Å². The molecule has 1 heterocycles. The first kappa shape index (κ1) is 15.3. The van der Waals surface area contributed by atoms with Gasteiger partial charge in [-0.25, -0.2) is 4.79 Å². The summed E-state index contributed by atoms with van der Waals surface area (Å²) in [6.45, 7) is 4.04. The van der Waals surface area contributed by atoms with Gasteiger partial charge < -0.3 is 10.0 Å². The van der Waals surface area contributed by atoms with Crippen molar-refractivity contribution in [2.24, 2.45) is 0 Å². The summed E-state index contributed by atoms with van der Waals surface area (Å²) in [7, 11) is 1.60. The Morgan fingerprint density at radius 1 is 1.29 bits per heavy atom. The molecule has 0 aliphatic rings. The van der Waals surface area contributed by atoms with Crippen LogP contribution in [0.25, 0.3) is 0 Å². The average Bonchev–Trinajstić information content (AvgIpc) is 2.86. The second-order valence-corrected chi connectivity index (χ2v) is 5.89. The summed E-state index contributed by atoms with van der Waals surface area (Å²) in [5.74, 6) is -1.22. The molecule has 4 nitrogen and oxygen atoms in total. The molecule has 1 aromatic heterocycles. The van der Waals surface area contributed by atoms with Gasteiger partial charge >= 0.3 is 5.97 Å². The first-order valence-electron chi connectivity index (χ1n) is 6.65. The Morgan fingerprint density at radius 3 is 2.52 bits per heavy atom. The van der Waals surface area contributed by atoms with Gasteiger partial charge in [0.15, 0.2) is 0 Å². The van der Waals surface area contributed by atoms with Crippen LogP contribution in [0.1, 0.15) is 37.4 Å². The van der Waals surface area contributed by atoms with Crippen LogP contribution in [0.15, 0.2) is 30.3 Å². The molecular weight excluding hydrogens is 286 g/mol. The number of para-hydroxylation sites is 1. The second kappa shape index (κ2) is 6.10. The predicted octanol–water partition coefficient (Wildman–Crippen LogP) is 3.59. The van der Waals surface area contributed by atoms with Crippen LogP contribution in [0, 0.1) is 6.92 Å². The third kappa shape index (κ3) is 2.97. The summed E-state index contributed by atoms with van der Waals surface area (Å²) >= 11 is 1.47. The molecule has 0 aliphatic heterocycles. The van der Waals surface area contributed by atoms with E-state index in [2.05, 4.69) is 6.92 Å². The van der Waals surface area contributed by atoms with Crippen molar-refractivity contribution in [2.75, 3.05) is 11.9 Å². The minimum atomic E-state index is -1.04. The minimum absolute atomic E-state index is 0.123. The highest BCUT2D eigenvalue weighted by Gasteiger charge is 2.21. The molecule has 0 aliphatic carbocycles. The van der Waals surface area contributed by atoms with E-state index in [1.165, 1.54) is 27.2 Å². The van der Waals surface area contributed by atoms with Crippen LogP contribution in [0.3, 0.4) is 0 Å². The monoisotopic (exact) mass is 303 g/mol. The van der Waals surface area contributed by atoms with E-state index < -0.39 is 5.97 Å². The van der Waals surface area contributed by atoms with Crippen LogP contribution >= 0.6 is 11.3 Å². The summed E-state index contributed by atoms with van der Waals surface area (Å²) in [6.07, 6.45) is 0.888. The molecule has 0 bridgehead atoms. The number of nitrogens with zero attached hydrogens (tertiary/aromatic N) is 1. The highest BCUT2D eigenvalue weighted by Crippen LogP contribution is 2.26. The van der Waals surface area contributed by atoms with Crippen LogP contribution in [0.2, 0.25) is 0 Å². The third-order valence-corrected chi connectivity index (χ3v) is 4.72. The van der Waals surface area contributed by atoms with Crippen LogP contribution in [0.5, 0.6) is 0 Å². The first-order valence-corrected chi connectivity index (χ1v) is 7.47. The number of rotatable bonds is 4. The van der Waals surface area contributed by atoms with Gasteiger partial charge in [0.2, 0.25) is 0 Å². The van der Waals surface area contributed by atoms with Crippen molar-refractivity contribution >= 4 is 28.9 Å². The lowest BCUT2D eigenvalue weighted by Gasteiger charge is -2.18. The number of carbonyl (C=O) groups excluding carboxylic acids is 1. The van der Waals surface area contributed by atoms with E-state index in [0.717, 1.165) is 12.0 Å². The number of hydrogen-bond donors (Lipinski definition) is 1. The van der Waals surface area contributed by atoms with Gasteiger partial charge in [0.25, 0.3) is 5.91 Å². The Labute approximate surface area is 127 Å². The number of carbonyl (C=O) groups is 2. The number of hydrogen-bond acceptors (Lipinski definition) is 3. The number of carboxylic acids is 1. The summed E-state index contributed by atoms with van der Waals surface area (Å²) in [4.78, 5) is 27.0.